The molecule has 0 unspecified atom stereocenters. The summed E-state index contributed by atoms with van der Waals surface area (Å²) in [7, 11) is 0. The first kappa shape index (κ1) is 10.2. The van der Waals surface area contributed by atoms with E-state index in [2.05, 4.69) is 25.8 Å². The van der Waals surface area contributed by atoms with Gasteiger partial charge >= 0.3 is 0 Å². The highest BCUT2D eigenvalue weighted by Crippen LogP contribution is 2.10. The minimum atomic E-state index is -0.556. The van der Waals surface area contributed by atoms with Gasteiger partial charge in [0.25, 0.3) is 0 Å². The highest BCUT2D eigenvalue weighted by Gasteiger charge is 2.03. The summed E-state index contributed by atoms with van der Waals surface area (Å²) in [5.74, 6) is 0. The van der Waals surface area contributed by atoms with Crippen molar-refractivity contribution in [2.24, 2.45) is 0 Å². The van der Waals surface area contributed by atoms with E-state index < -0.39 is 6.10 Å². The summed E-state index contributed by atoms with van der Waals surface area (Å²) in [4.78, 5) is 0. The summed E-state index contributed by atoms with van der Waals surface area (Å²) in [6, 6.07) is 0. The summed E-state index contributed by atoms with van der Waals surface area (Å²) >= 11 is 0. The van der Waals surface area contributed by atoms with E-state index in [1.54, 1.807) is 0 Å². The highest BCUT2D eigenvalue weighted by atomic mass is 16.3. The van der Waals surface area contributed by atoms with Crippen LogP contribution in [0.5, 0.6) is 0 Å². The maximum Gasteiger partial charge on any atom is 0.100 e. The molecule has 1 heteroatoms. The predicted octanol–water partition coefficient (Wildman–Crippen LogP) is 2.43. The van der Waals surface area contributed by atoms with Gasteiger partial charge in [-0.1, -0.05) is 26.0 Å². The Morgan fingerprint density at radius 2 is 2.36 bits per heavy atom. The Hall–Kier alpha value is -0.780. The first-order valence-corrected chi connectivity index (χ1v) is 3.95. The molecule has 1 N–H and O–H groups in total. The Kier molecular flexibility index (Phi) is 5.54. The van der Waals surface area contributed by atoms with Gasteiger partial charge < -0.3 is 5.11 Å². The topological polar surface area (TPSA) is 20.2 Å². The first-order valence-electron chi connectivity index (χ1n) is 3.95. The molecule has 0 aliphatic rings. The molecule has 0 saturated carbocycles. The van der Waals surface area contributed by atoms with Gasteiger partial charge in [-0.15, -0.1) is 12.3 Å². The van der Waals surface area contributed by atoms with Crippen molar-refractivity contribution in [2.75, 3.05) is 0 Å². The van der Waals surface area contributed by atoms with Crippen molar-refractivity contribution in [3.63, 3.8) is 0 Å². The Bertz CT molecular complexity index is 164. The lowest BCUT2D eigenvalue weighted by atomic mass is 10.0. The van der Waals surface area contributed by atoms with Gasteiger partial charge in [-0.25, -0.2) is 0 Å². The smallest absolute Gasteiger partial charge is 0.100 e. The second kappa shape index (κ2) is 5.96. The van der Waals surface area contributed by atoms with E-state index in [1.165, 1.54) is 6.08 Å². The van der Waals surface area contributed by atoms with Crippen LogP contribution in [-0.4, -0.2) is 11.2 Å². The number of hydrogen-bond donors (Lipinski definition) is 1. The molecule has 0 bridgehead atoms. The molecule has 1 atom stereocenters. The van der Waals surface area contributed by atoms with Gasteiger partial charge in [0.2, 0.25) is 0 Å². The van der Waals surface area contributed by atoms with Crippen LogP contribution in [0.3, 0.4) is 0 Å². The molecule has 0 aromatic carbocycles. The average molecular weight is 152 g/mol. The van der Waals surface area contributed by atoms with E-state index in [-0.39, 0.29) is 0 Å². The van der Waals surface area contributed by atoms with E-state index in [4.69, 9.17) is 0 Å². The molecule has 0 aromatic heterocycles. The number of hydrogen-bond acceptors (Lipinski definition) is 1. The molecular weight excluding hydrogens is 136 g/mol. The van der Waals surface area contributed by atoms with Crippen molar-refractivity contribution in [3.8, 4) is 0 Å². The molecular formula is C10H16O. The summed E-state index contributed by atoms with van der Waals surface area (Å²) in [6.45, 7) is 9.12. The van der Waals surface area contributed by atoms with Gasteiger partial charge in [0, 0.05) is 5.57 Å². The minimum absolute atomic E-state index is 0.556. The van der Waals surface area contributed by atoms with Crippen LogP contribution in [0.1, 0.15) is 26.2 Å². The lowest BCUT2D eigenvalue weighted by molar-refractivity contribution is 0.254. The standard InChI is InChI=1S/C10H16O/c1-4-7-8-9(5-2)10(11)6-3/h6,10-11H,2-4,7-8H2,1H3/t10-/m1/s1. The monoisotopic (exact) mass is 152 g/mol. The quantitative estimate of drug-likeness (QED) is 0.474. The van der Waals surface area contributed by atoms with Crippen molar-refractivity contribution in [1.82, 2.24) is 0 Å². The molecule has 1 nitrogen and oxygen atoms in total. The highest BCUT2D eigenvalue weighted by molar-refractivity contribution is 5.11. The van der Waals surface area contributed by atoms with Crippen molar-refractivity contribution >= 4 is 0 Å². The molecule has 0 radical (unpaired) electrons. The molecule has 0 amide bonds. The molecule has 0 aliphatic carbocycles. The number of unbranched alkanes of at least 4 members (excludes halogenated alkanes) is 1. The summed E-state index contributed by atoms with van der Waals surface area (Å²) in [6.07, 6.45) is 4.01. The maximum atomic E-state index is 9.29. The van der Waals surface area contributed by atoms with Crippen molar-refractivity contribution < 1.29 is 5.11 Å². The third kappa shape index (κ3) is 3.82. The van der Waals surface area contributed by atoms with Crippen molar-refractivity contribution in [1.29, 1.82) is 0 Å². The van der Waals surface area contributed by atoms with Crippen LogP contribution in [0.25, 0.3) is 0 Å². The average Bonchev–Trinajstić information content (AvgIpc) is 2.05. The van der Waals surface area contributed by atoms with Crippen LogP contribution in [0.15, 0.2) is 30.5 Å². The zero-order valence-electron chi connectivity index (χ0n) is 7.14. The maximum absolute atomic E-state index is 9.29. The molecule has 0 saturated heterocycles. The van der Waals surface area contributed by atoms with Crippen LogP contribution in [-0.2, 0) is 0 Å². The normalized spacial score (nSPS) is 11.8. The molecule has 62 valence electrons. The molecule has 0 aromatic rings. The van der Waals surface area contributed by atoms with Gasteiger partial charge in [0.15, 0.2) is 0 Å². The summed E-state index contributed by atoms with van der Waals surface area (Å²) in [5, 5.41) is 9.29. The van der Waals surface area contributed by atoms with Gasteiger partial charge in [0.05, 0.1) is 0 Å². The zero-order valence-corrected chi connectivity index (χ0v) is 7.14. The third-order valence-electron chi connectivity index (χ3n) is 1.61. The Balaban J connectivity index is 3.97. The molecule has 0 aliphatic heterocycles. The lowest BCUT2D eigenvalue weighted by Gasteiger charge is -2.06. The van der Waals surface area contributed by atoms with Crippen LogP contribution in [0.2, 0.25) is 0 Å². The van der Waals surface area contributed by atoms with Crippen LogP contribution >= 0.6 is 0 Å². The van der Waals surface area contributed by atoms with Crippen LogP contribution in [0, 0.1) is 0 Å². The van der Waals surface area contributed by atoms with E-state index in [1.807, 2.05) is 0 Å². The number of aliphatic hydroxyl groups is 1. The molecule has 0 spiro atoms. The molecule has 0 fully saturated rings. The fourth-order valence-corrected chi connectivity index (χ4v) is 0.850. The lowest BCUT2D eigenvalue weighted by Crippen LogP contribution is -2.04. The zero-order chi connectivity index (χ0) is 8.69. The Morgan fingerprint density at radius 1 is 1.73 bits per heavy atom. The van der Waals surface area contributed by atoms with Crippen molar-refractivity contribution in [2.45, 2.75) is 32.3 Å². The number of aliphatic hydroxyl groups excluding tert-OH is 1. The second-order valence-corrected chi connectivity index (χ2v) is 2.49. The Labute approximate surface area is 68.7 Å². The van der Waals surface area contributed by atoms with Crippen molar-refractivity contribution in [3.05, 3.63) is 30.5 Å². The molecule has 0 heterocycles. The second-order valence-electron chi connectivity index (χ2n) is 2.49. The van der Waals surface area contributed by atoms with Gasteiger partial charge in [-0.2, -0.15) is 0 Å². The Morgan fingerprint density at radius 3 is 2.73 bits per heavy atom. The van der Waals surface area contributed by atoms with E-state index in [0.29, 0.717) is 0 Å². The van der Waals surface area contributed by atoms with Crippen LogP contribution in [0.4, 0.5) is 0 Å². The van der Waals surface area contributed by atoms with Crippen LogP contribution < -0.4 is 0 Å². The largest absolute Gasteiger partial charge is 0.384 e. The first-order chi connectivity index (χ1) is 5.26. The van der Waals surface area contributed by atoms with Gasteiger partial charge in [0.1, 0.15) is 6.10 Å². The fraction of sp³-hybridized carbons (Fsp3) is 0.500. The molecule has 0 rings (SSSR count). The molecule has 11 heavy (non-hydrogen) atoms. The minimum Gasteiger partial charge on any atom is -0.384 e. The van der Waals surface area contributed by atoms with Gasteiger partial charge in [-0.05, 0) is 12.8 Å². The fourth-order valence-electron chi connectivity index (χ4n) is 0.850. The third-order valence-corrected chi connectivity index (χ3v) is 1.61. The SMILES string of the molecule is C=C=C(CCCC)[C@H](O)C=C. The van der Waals surface area contributed by atoms with Gasteiger partial charge in [-0.3, -0.25) is 0 Å². The summed E-state index contributed by atoms with van der Waals surface area (Å²) < 4.78 is 0. The van der Waals surface area contributed by atoms with E-state index in [0.717, 1.165) is 24.8 Å². The number of rotatable bonds is 5. The summed E-state index contributed by atoms with van der Waals surface area (Å²) in [5.41, 5.74) is 3.58. The van der Waals surface area contributed by atoms with E-state index in [9.17, 15) is 5.11 Å². The van der Waals surface area contributed by atoms with E-state index >= 15 is 0 Å². The predicted molar refractivity (Wildman–Crippen MR) is 48.4 cm³/mol.